The highest BCUT2D eigenvalue weighted by atomic mass is 16.1. The normalized spacial score (nSPS) is 20.1. The first kappa shape index (κ1) is 16.1. The Morgan fingerprint density at radius 1 is 1.41 bits per heavy atom. The van der Waals surface area contributed by atoms with Crippen molar-refractivity contribution in [3.63, 3.8) is 0 Å². The van der Waals surface area contributed by atoms with Crippen LogP contribution in [0.1, 0.15) is 44.7 Å². The maximum Gasteiger partial charge on any atom is 0.263 e. The van der Waals surface area contributed by atoms with Gasteiger partial charge in [-0.15, -0.1) is 0 Å². The summed E-state index contributed by atoms with van der Waals surface area (Å²) in [7, 11) is 0. The molecule has 1 fully saturated rings. The minimum absolute atomic E-state index is 0.121. The molecule has 4 heteroatoms. The van der Waals surface area contributed by atoms with Gasteiger partial charge in [-0.1, -0.05) is 30.3 Å². The fourth-order valence-corrected chi connectivity index (χ4v) is 2.72. The number of amides is 1. The van der Waals surface area contributed by atoms with Gasteiger partial charge in [0.1, 0.15) is 11.6 Å². The molecule has 0 bridgehead atoms. The van der Waals surface area contributed by atoms with Crippen LogP contribution < -0.4 is 5.32 Å². The number of carbonyl (C=O) groups is 1. The van der Waals surface area contributed by atoms with E-state index in [0.717, 1.165) is 24.9 Å². The number of rotatable bonds is 4. The minimum atomic E-state index is -0.309. The van der Waals surface area contributed by atoms with Gasteiger partial charge < -0.3 is 10.2 Å². The van der Waals surface area contributed by atoms with Gasteiger partial charge in [-0.05, 0) is 38.7 Å². The van der Waals surface area contributed by atoms with Crippen LogP contribution in [0.2, 0.25) is 0 Å². The van der Waals surface area contributed by atoms with Crippen molar-refractivity contribution in [1.82, 2.24) is 10.2 Å². The molecule has 2 atom stereocenters. The molecule has 1 saturated heterocycles. The summed E-state index contributed by atoms with van der Waals surface area (Å²) in [5.41, 5.74) is 1.20. The highest BCUT2D eigenvalue weighted by Crippen LogP contribution is 2.18. The average molecular weight is 297 g/mol. The molecule has 1 amide bonds. The van der Waals surface area contributed by atoms with Crippen molar-refractivity contribution in [2.75, 3.05) is 6.54 Å². The van der Waals surface area contributed by atoms with E-state index in [1.165, 1.54) is 6.42 Å². The van der Waals surface area contributed by atoms with Gasteiger partial charge in [0.15, 0.2) is 0 Å². The zero-order valence-corrected chi connectivity index (χ0v) is 13.2. The van der Waals surface area contributed by atoms with Crippen molar-refractivity contribution in [2.45, 2.75) is 45.2 Å². The molecule has 0 aromatic heterocycles. The molecule has 0 spiro atoms. The van der Waals surface area contributed by atoms with E-state index in [1.807, 2.05) is 43.3 Å². The Morgan fingerprint density at radius 3 is 2.77 bits per heavy atom. The number of hydrogen-bond acceptors (Lipinski definition) is 3. The molecule has 1 aliphatic rings. The molecule has 4 nitrogen and oxygen atoms in total. The second-order valence-corrected chi connectivity index (χ2v) is 5.84. The third kappa shape index (κ3) is 4.11. The summed E-state index contributed by atoms with van der Waals surface area (Å²) in [6.45, 7) is 4.97. The summed E-state index contributed by atoms with van der Waals surface area (Å²) >= 11 is 0. The third-order valence-corrected chi connectivity index (χ3v) is 4.16. The minimum Gasteiger partial charge on any atom is -0.373 e. The van der Waals surface area contributed by atoms with Gasteiger partial charge in [-0.3, -0.25) is 4.79 Å². The maximum absolute atomic E-state index is 12.3. The molecule has 1 N–H and O–H groups in total. The van der Waals surface area contributed by atoms with Crippen LogP contribution in [0.4, 0.5) is 0 Å². The third-order valence-electron chi connectivity index (χ3n) is 4.16. The predicted octanol–water partition coefficient (Wildman–Crippen LogP) is 3.15. The highest BCUT2D eigenvalue weighted by Gasteiger charge is 2.19. The van der Waals surface area contributed by atoms with Crippen LogP contribution >= 0.6 is 0 Å². The first-order valence-electron chi connectivity index (χ1n) is 7.85. The molecule has 0 radical (unpaired) electrons. The Kier molecular flexibility index (Phi) is 5.60. The van der Waals surface area contributed by atoms with Gasteiger partial charge in [0, 0.05) is 18.8 Å². The largest absolute Gasteiger partial charge is 0.373 e. The van der Waals surface area contributed by atoms with Gasteiger partial charge in [0.2, 0.25) is 0 Å². The second kappa shape index (κ2) is 7.65. The summed E-state index contributed by atoms with van der Waals surface area (Å²) in [6.07, 6.45) is 5.15. The number of hydrogen-bond donors (Lipinski definition) is 1. The Bertz CT molecular complexity index is 574. The molecule has 2 unspecified atom stereocenters. The van der Waals surface area contributed by atoms with Crippen LogP contribution in [-0.2, 0) is 4.79 Å². The van der Waals surface area contributed by atoms with Crippen molar-refractivity contribution >= 4 is 5.91 Å². The van der Waals surface area contributed by atoms with Gasteiger partial charge in [0.05, 0.1) is 6.04 Å². The Balaban J connectivity index is 2.04. The van der Waals surface area contributed by atoms with Crippen molar-refractivity contribution in [1.29, 1.82) is 5.26 Å². The smallest absolute Gasteiger partial charge is 0.263 e. The molecule has 116 valence electrons. The monoisotopic (exact) mass is 297 g/mol. The molecular weight excluding hydrogens is 274 g/mol. The van der Waals surface area contributed by atoms with E-state index >= 15 is 0 Å². The van der Waals surface area contributed by atoms with Crippen molar-refractivity contribution in [3.8, 4) is 6.07 Å². The van der Waals surface area contributed by atoms with Crippen molar-refractivity contribution in [2.24, 2.45) is 0 Å². The fourth-order valence-electron chi connectivity index (χ4n) is 2.72. The Morgan fingerprint density at radius 2 is 2.14 bits per heavy atom. The van der Waals surface area contributed by atoms with E-state index in [9.17, 15) is 10.1 Å². The Hall–Kier alpha value is -2.28. The van der Waals surface area contributed by atoms with Crippen LogP contribution in [0.5, 0.6) is 0 Å². The van der Waals surface area contributed by atoms with Crippen LogP contribution in [0.15, 0.2) is 42.1 Å². The van der Waals surface area contributed by atoms with Gasteiger partial charge in [-0.2, -0.15) is 5.26 Å². The summed E-state index contributed by atoms with van der Waals surface area (Å²) < 4.78 is 0. The number of carbonyl (C=O) groups excluding carboxylic acids is 1. The number of piperidine rings is 1. The van der Waals surface area contributed by atoms with Gasteiger partial charge in [-0.25, -0.2) is 0 Å². The van der Waals surface area contributed by atoms with Crippen molar-refractivity contribution < 1.29 is 4.79 Å². The van der Waals surface area contributed by atoms with E-state index in [1.54, 1.807) is 6.20 Å². The highest BCUT2D eigenvalue weighted by molar-refractivity contribution is 5.97. The number of likely N-dealkylation sites (tertiary alicyclic amines) is 1. The first-order valence-corrected chi connectivity index (χ1v) is 7.85. The number of nitrogens with zero attached hydrogens (tertiary/aromatic N) is 2. The number of nitriles is 1. The molecular formula is C18H23N3O. The van der Waals surface area contributed by atoms with Crippen LogP contribution in [-0.4, -0.2) is 23.4 Å². The number of benzene rings is 1. The molecule has 1 aliphatic heterocycles. The molecule has 22 heavy (non-hydrogen) atoms. The van der Waals surface area contributed by atoms with Crippen LogP contribution in [0, 0.1) is 11.3 Å². The molecule has 1 aromatic carbocycles. The second-order valence-electron chi connectivity index (χ2n) is 5.84. The number of nitrogens with one attached hydrogen (secondary N) is 1. The van der Waals surface area contributed by atoms with E-state index in [0.29, 0.717) is 6.04 Å². The molecule has 0 saturated carbocycles. The van der Waals surface area contributed by atoms with Crippen LogP contribution in [0.3, 0.4) is 0 Å². The quantitative estimate of drug-likeness (QED) is 0.686. The van der Waals surface area contributed by atoms with E-state index in [-0.39, 0.29) is 17.5 Å². The predicted molar refractivity (Wildman–Crippen MR) is 86.7 cm³/mol. The van der Waals surface area contributed by atoms with E-state index < -0.39 is 0 Å². The van der Waals surface area contributed by atoms with Crippen LogP contribution in [0.25, 0.3) is 0 Å². The zero-order valence-electron chi connectivity index (χ0n) is 13.2. The lowest BCUT2D eigenvalue weighted by Gasteiger charge is -2.32. The average Bonchev–Trinajstić information content (AvgIpc) is 2.54. The molecule has 1 aromatic rings. The summed E-state index contributed by atoms with van der Waals surface area (Å²) in [5.74, 6) is -0.309. The SMILES string of the molecule is CC(NC(=O)/C(C#N)=C\N1CCCCC1C)c1ccccc1. The standard InChI is InChI=1S/C18H23N3O/c1-14-8-6-7-11-21(14)13-17(12-19)18(22)20-15(2)16-9-4-3-5-10-16/h3-5,9-10,13-15H,6-8,11H2,1-2H3,(H,20,22)/b17-13-. The first-order chi connectivity index (χ1) is 10.6. The lowest BCUT2D eigenvalue weighted by Crippen LogP contribution is -2.35. The van der Waals surface area contributed by atoms with Gasteiger partial charge in [0.25, 0.3) is 5.91 Å². The molecule has 1 heterocycles. The van der Waals surface area contributed by atoms with E-state index in [2.05, 4.69) is 17.1 Å². The summed E-state index contributed by atoms with van der Waals surface area (Å²) in [4.78, 5) is 14.4. The summed E-state index contributed by atoms with van der Waals surface area (Å²) in [5, 5.41) is 12.2. The molecule has 0 aliphatic carbocycles. The zero-order chi connectivity index (χ0) is 15.9. The topological polar surface area (TPSA) is 56.1 Å². The van der Waals surface area contributed by atoms with Crippen molar-refractivity contribution in [3.05, 3.63) is 47.7 Å². The molecule has 2 rings (SSSR count). The summed E-state index contributed by atoms with van der Waals surface area (Å²) in [6, 6.07) is 12.0. The lowest BCUT2D eigenvalue weighted by molar-refractivity contribution is -0.117. The fraction of sp³-hybridized carbons (Fsp3) is 0.444. The maximum atomic E-state index is 12.3. The Labute approximate surface area is 132 Å². The van der Waals surface area contributed by atoms with E-state index in [4.69, 9.17) is 0 Å². The lowest BCUT2D eigenvalue weighted by atomic mass is 10.0. The van der Waals surface area contributed by atoms with Gasteiger partial charge >= 0.3 is 0 Å².